The Hall–Kier alpha value is -3.44. The standard InChI is InChI=1S/C21H22N6O2/c1-21(2,29)12-24-18-11-23-15(10-22)8-17(18)14-5-6-27-16(7-14)9-19(26-27)25-20(28)13-3-4-13/h5-9,11,13,24,29H,3-4,12H2,1-2H3,(H,25,26,28). The normalized spacial score (nSPS) is 13.9. The average Bonchev–Trinajstić information content (AvgIpc) is 3.46. The summed E-state index contributed by atoms with van der Waals surface area (Å²) in [4.78, 5) is 16.1. The minimum absolute atomic E-state index is 0.0135. The summed E-state index contributed by atoms with van der Waals surface area (Å²) >= 11 is 0. The second-order valence-corrected chi connectivity index (χ2v) is 7.97. The fourth-order valence-electron chi connectivity index (χ4n) is 3.00. The van der Waals surface area contributed by atoms with Crippen molar-refractivity contribution >= 4 is 22.9 Å². The first-order chi connectivity index (χ1) is 13.8. The van der Waals surface area contributed by atoms with Crippen LogP contribution in [0.15, 0.2) is 36.7 Å². The third-order valence-electron chi connectivity index (χ3n) is 4.70. The summed E-state index contributed by atoms with van der Waals surface area (Å²) in [5.74, 6) is 0.646. The maximum absolute atomic E-state index is 12.0. The van der Waals surface area contributed by atoms with Crippen LogP contribution in [0, 0.1) is 17.2 Å². The number of aromatic nitrogens is 3. The van der Waals surface area contributed by atoms with E-state index in [9.17, 15) is 15.2 Å². The van der Waals surface area contributed by atoms with Crippen molar-refractivity contribution in [1.82, 2.24) is 14.6 Å². The van der Waals surface area contributed by atoms with E-state index in [1.165, 1.54) is 0 Å². The number of hydrogen-bond donors (Lipinski definition) is 3. The summed E-state index contributed by atoms with van der Waals surface area (Å²) in [6.07, 6.45) is 5.28. The van der Waals surface area contributed by atoms with Crippen molar-refractivity contribution in [2.24, 2.45) is 5.92 Å². The quantitative estimate of drug-likeness (QED) is 0.596. The molecule has 0 radical (unpaired) electrons. The van der Waals surface area contributed by atoms with E-state index >= 15 is 0 Å². The molecule has 0 unspecified atom stereocenters. The lowest BCUT2D eigenvalue weighted by Crippen LogP contribution is -2.29. The van der Waals surface area contributed by atoms with Gasteiger partial charge in [-0.25, -0.2) is 9.50 Å². The first-order valence-electron chi connectivity index (χ1n) is 9.49. The molecule has 4 rings (SSSR count). The lowest BCUT2D eigenvalue weighted by atomic mass is 10.0. The lowest BCUT2D eigenvalue weighted by molar-refractivity contribution is -0.117. The maximum Gasteiger partial charge on any atom is 0.228 e. The van der Waals surface area contributed by atoms with Crippen molar-refractivity contribution in [2.75, 3.05) is 17.2 Å². The number of nitriles is 1. The number of carbonyl (C=O) groups is 1. The summed E-state index contributed by atoms with van der Waals surface area (Å²) in [5.41, 5.74) is 2.62. The Bertz CT molecular complexity index is 1120. The number of aliphatic hydroxyl groups is 1. The summed E-state index contributed by atoms with van der Waals surface area (Å²) in [6, 6.07) is 9.42. The highest BCUT2D eigenvalue weighted by atomic mass is 16.3. The third kappa shape index (κ3) is 4.36. The molecule has 3 N–H and O–H groups in total. The number of pyridine rings is 2. The van der Waals surface area contributed by atoms with E-state index in [0.717, 1.165) is 35.2 Å². The Labute approximate surface area is 168 Å². The number of anilines is 2. The van der Waals surface area contributed by atoms with Gasteiger partial charge in [-0.3, -0.25) is 4.79 Å². The van der Waals surface area contributed by atoms with Crippen LogP contribution in [-0.2, 0) is 4.79 Å². The van der Waals surface area contributed by atoms with Crippen molar-refractivity contribution < 1.29 is 9.90 Å². The van der Waals surface area contributed by atoms with Crippen LogP contribution in [0.4, 0.5) is 11.5 Å². The molecule has 148 valence electrons. The number of nitrogens with one attached hydrogen (secondary N) is 2. The summed E-state index contributed by atoms with van der Waals surface area (Å²) in [5, 5.41) is 29.7. The van der Waals surface area contributed by atoms with Crippen LogP contribution >= 0.6 is 0 Å². The number of carbonyl (C=O) groups excluding carboxylic acids is 1. The second kappa shape index (κ2) is 7.18. The molecule has 0 bridgehead atoms. The van der Waals surface area contributed by atoms with Gasteiger partial charge in [-0.05, 0) is 50.5 Å². The predicted molar refractivity (Wildman–Crippen MR) is 109 cm³/mol. The first-order valence-corrected chi connectivity index (χ1v) is 9.49. The van der Waals surface area contributed by atoms with Gasteiger partial charge in [0.2, 0.25) is 5.91 Å². The van der Waals surface area contributed by atoms with Crippen LogP contribution in [0.1, 0.15) is 32.4 Å². The van der Waals surface area contributed by atoms with E-state index in [1.807, 2.05) is 24.4 Å². The molecule has 0 atom stereocenters. The topological polar surface area (TPSA) is 115 Å². The molecule has 0 aliphatic heterocycles. The minimum Gasteiger partial charge on any atom is -0.389 e. The van der Waals surface area contributed by atoms with Gasteiger partial charge in [0.05, 0.1) is 23.0 Å². The summed E-state index contributed by atoms with van der Waals surface area (Å²) < 4.78 is 1.70. The highest BCUT2D eigenvalue weighted by molar-refractivity contribution is 5.94. The smallest absolute Gasteiger partial charge is 0.228 e. The monoisotopic (exact) mass is 390 g/mol. The SMILES string of the molecule is CC(C)(O)CNc1cnc(C#N)cc1-c1ccn2nc(NC(=O)C3CC3)cc2c1. The van der Waals surface area contributed by atoms with Gasteiger partial charge in [-0.15, -0.1) is 0 Å². The van der Waals surface area contributed by atoms with E-state index in [4.69, 9.17) is 0 Å². The molecule has 1 fully saturated rings. The van der Waals surface area contributed by atoms with E-state index in [2.05, 4.69) is 26.8 Å². The van der Waals surface area contributed by atoms with Gasteiger partial charge >= 0.3 is 0 Å². The molecule has 8 heteroatoms. The van der Waals surface area contributed by atoms with Gasteiger partial charge in [0.1, 0.15) is 11.8 Å². The van der Waals surface area contributed by atoms with Gasteiger partial charge in [-0.2, -0.15) is 10.4 Å². The van der Waals surface area contributed by atoms with Crippen molar-refractivity contribution in [3.63, 3.8) is 0 Å². The predicted octanol–water partition coefficient (Wildman–Crippen LogP) is 2.80. The zero-order chi connectivity index (χ0) is 20.6. The van der Waals surface area contributed by atoms with Crippen LogP contribution in [0.25, 0.3) is 16.6 Å². The van der Waals surface area contributed by atoms with Crippen LogP contribution < -0.4 is 10.6 Å². The largest absolute Gasteiger partial charge is 0.389 e. The van der Waals surface area contributed by atoms with E-state index < -0.39 is 5.60 Å². The number of rotatable bonds is 6. The number of amides is 1. The molecule has 0 saturated heterocycles. The summed E-state index contributed by atoms with van der Waals surface area (Å²) in [6.45, 7) is 3.76. The molecule has 3 aromatic rings. The van der Waals surface area contributed by atoms with Crippen molar-refractivity contribution in [1.29, 1.82) is 5.26 Å². The third-order valence-corrected chi connectivity index (χ3v) is 4.70. The number of nitrogens with zero attached hydrogens (tertiary/aromatic N) is 4. The highest BCUT2D eigenvalue weighted by Crippen LogP contribution is 2.31. The Morgan fingerprint density at radius 2 is 2.17 bits per heavy atom. The van der Waals surface area contributed by atoms with E-state index in [1.54, 1.807) is 30.6 Å². The Morgan fingerprint density at radius 3 is 2.86 bits per heavy atom. The molecule has 1 aliphatic rings. The van der Waals surface area contributed by atoms with E-state index in [0.29, 0.717) is 18.1 Å². The van der Waals surface area contributed by atoms with Gasteiger partial charge < -0.3 is 15.7 Å². The second-order valence-electron chi connectivity index (χ2n) is 7.97. The number of hydrogen-bond acceptors (Lipinski definition) is 6. The van der Waals surface area contributed by atoms with Crippen molar-refractivity contribution in [2.45, 2.75) is 32.3 Å². The fraction of sp³-hybridized carbons (Fsp3) is 0.333. The maximum atomic E-state index is 12.0. The summed E-state index contributed by atoms with van der Waals surface area (Å²) in [7, 11) is 0. The first kappa shape index (κ1) is 18.9. The molecule has 0 spiro atoms. The van der Waals surface area contributed by atoms with Gasteiger partial charge in [0.25, 0.3) is 0 Å². The molecule has 1 aliphatic carbocycles. The molecular formula is C21H22N6O2. The van der Waals surface area contributed by atoms with Crippen LogP contribution in [-0.4, -0.2) is 37.8 Å². The average molecular weight is 390 g/mol. The van der Waals surface area contributed by atoms with Crippen LogP contribution in [0.3, 0.4) is 0 Å². The zero-order valence-corrected chi connectivity index (χ0v) is 16.3. The van der Waals surface area contributed by atoms with Crippen LogP contribution in [0.2, 0.25) is 0 Å². The Kier molecular flexibility index (Phi) is 4.68. The van der Waals surface area contributed by atoms with Crippen molar-refractivity contribution in [3.8, 4) is 17.2 Å². The van der Waals surface area contributed by atoms with E-state index in [-0.39, 0.29) is 11.8 Å². The molecule has 1 amide bonds. The molecular weight excluding hydrogens is 368 g/mol. The Morgan fingerprint density at radius 1 is 1.38 bits per heavy atom. The molecule has 8 nitrogen and oxygen atoms in total. The Balaban J connectivity index is 1.67. The van der Waals surface area contributed by atoms with Crippen molar-refractivity contribution in [3.05, 3.63) is 42.4 Å². The fourth-order valence-corrected chi connectivity index (χ4v) is 3.00. The van der Waals surface area contributed by atoms with Gasteiger partial charge in [0, 0.05) is 30.3 Å². The van der Waals surface area contributed by atoms with Crippen LogP contribution in [0.5, 0.6) is 0 Å². The zero-order valence-electron chi connectivity index (χ0n) is 16.3. The molecule has 3 heterocycles. The molecule has 29 heavy (non-hydrogen) atoms. The molecule has 1 saturated carbocycles. The number of fused-ring (bicyclic) bond motifs is 1. The van der Waals surface area contributed by atoms with Gasteiger partial charge in [0.15, 0.2) is 5.82 Å². The molecule has 3 aromatic heterocycles. The highest BCUT2D eigenvalue weighted by Gasteiger charge is 2.30. The van der Waals surface area contributed by atoms with Gasteiger partial charge in [-0.1, -0.05) is 0 Å². The lowest BCUT2D eigenvalue weighted by Gasteiger charge is -2.20. The molecule has 0 aromatic carbocycles. The minimum atomic E-state index is -0.894.